The first kappa shape index (κ1) is 14.3. The molecule has 18 heavy (non-hydrogen) atoms. The summed E-state index contributed by atoms with van der Waals surface area (Å²) in [6, 6.07) is 2.21. The minimum atomic E-state index is 0.651. The molecule has 2 fully saturated rings. The minimum absolute atomic E-state index is 0.651. The van der Waals surface area contributed by atoms with E-state index in [9.17, 15) is 0 Å². The molecule has 0 radical (unpaired) electrons. The van der Waals surface area contributed by atoms with E-state index in [1.165, 1.54) is 44.9 Å². The molecule has 0 bridgehead atoms. The molecule has 0 aromatic rings. The molecule has 2 heteroatoms. The highest BCUT2D eigenvalue weighted by atomic mass is 15.2. The van der Waals surface area contributed by atoms with Gasteiger partial charge in [0.2, 0.25) is 0 Å². The van der Waals surface area contributed by atoms with Gasteiger partial charge in [-0.05, 0) is 44.4 Å². The maximum Gasteiger partial charge on any atom is 0.0224 e. The second-order valence-corrected chi connectivity index (χ2v) is 6.88. The van der Waals surface area contributed by atoms with Gasteiger partial charge in [-0.1, -0.05) is 33.1 Å². The van der Waals surface area contributed by atoms with E-state index in [1.807, 2.05) is 0 Å². The number of likely N-dealkylation sites (tertiary alicyclic amines) is 1. The third-order valence-electron chi connectivity index (χ3n) is 5.38. The maximum absolute atomic E-state index is 6.04. The molecular weight excluding hydrogens is 220 g/mol. The Morgan fingerprint density at radius 3 is 2.44 bits per heavy atom. The maximum atomic E-state index is 6.04. The average molecular weight is 252 g/mol. The van der Waals surface area contributed by atoms with Gasteiger partial charge in [0.05, 0.1) is 0 Å². The van der Waals surface area contributed by atoms with E-state index >= 15 is 0 Å². The average Bonchev–Trinajstić information content (AvgIpc) is 2.38. The molecule has 0 amide bonds. The molecule has 4 atom stereocenters. The summed E-state index contributed by atoms with van der Waals surface area (Å²) in [5, 5.41) is 0. The second-order valence-electron chi connectivity index (χ2n) is 6.88. The summed E-state index contributed by atoms with van der Waals surface area (Å²) in [6.07, 6.45) is 9.77. The fraction of sp³-hybridized carbons (Fsp3) is 1.00. The van der Waals surface area contributed by atoms with Gasteiger partial charge in [0.15, 0.2) is 0 Å². The van der Waals surface area contributed by atoms with Gasteiger partial charge >= 0.3 is 0 Å². The van der Waals surface area contributed by atoms with Crippen LogP contribution in [0.3, 0.4) is 0 Å². The fourth-order valence-corrected chi connectivity index (χ4v) is 4.43. The first-order valence-electron chi connectivity index (χ1n) is 8.12. The standard InChI is InChI=1S/C16H32N2/c1-12(2)15-9-4-5-10-16(15)18-13(3)7-6-8-14(18)11-17/h12-16H,4-11,17H2,1-3H3. The molecule has 1 aliphatic carbocycles. The third kappa shape index (κ3) is 2.91. The Morgan fingerprint density at radius 2 is 1.78 bits per heavy atom. The highest BCUT2D eigenvalue weighted by molar-refractivity contribution is 4.93. The zero-order valence-electron chi connectivity index (χ0n) is 12.6. The van der Waals surface area contributed by atoms with Crippen molar-refractivity contribution in [1.82, 2.24) is 4.90 Å². The lowest BCUT2D eigenvalue weighted by atomic mass is 9.75. The number of hydrogen-bond acceptors (Lipinski definition) is 2. The van der Waals surface area contributed by atoms with Crippen LogP contribution in [0.5, 0.6) is 0 Å². The Morgan fingerprint density at radius 1 is 1.06 bits per heavy atom. The van der Waals surface area contributed by atoms with Crippen LogP contribution in [-0.4, -0.2) is 29.6 Å². The van der Waals surface area contributed by atoms with Gasteiger partial charge in [0.1, 0.15) is 0 Å². The monoisotopic (exact) mass is 252 g/mol. The van der Waals surface area contributed by atoms with Crippen molar-refractivity contribution in [3.63, 3.8) is 0 Å². The van der Waals surface area contributed by atoms with Gasteiger partial charge in [-0.3, -0.25) is 4.90 Å². The van der Waals surface area contributed by atoms with Gasteiger partial charge in [-0.2, -0.15) is 0 Å². The third-order valence-corrected chi connectivity index (χ3v) is 5.38. The highest BCUT2D eigenvalue weighted by Gasteiger charge is 2.38. The van der Waals surface area contributed by atoms with Crippen molar-refractivity contribution in [3.8, 4) is 0 Å². The van der Waals surface area contributed by atoms with Crippen LogP contribution in [0.15, 0.2) is 0 Å². The number of piperidine rings is 1. The van der Waals surface area contributed by atoms with Crippen LogP contribution in [0.25, 0.3) is 0 Å². The second kappa shape index (κ2) is 6.38. The number of nitrogens with zero attached hydrogens (tertiary/aromatic N) is 1. The van der Waals surface area contributed by atoms with Gasteiger partial charge in [-0.15, -0.1) is 0 Å². The van der Waals surface area contributed by atoms with Gasteiger partial charge in [0.25, 0.3) is 0 Å². The van der Waals surface area contributed by atoms with E-state index in [4.69, 9.17) is 5.73 Å². The quantitative estimate of drug-likeness (QED) is 0.834. The number of hydrogen-bond donors (Lipinski definition) is 1. The summed E-state index contributed by atoms with van der Waals surface area (Å²) in [6.45, 7) is 8.10. The van der Waals surface area contributed by atoms with E-state index in [0.29, 0.717) is 6.04 Å². The molecule has 2 nitrogen and oxygen atoms in total. The van der Waals surface area contributed by atoms with Crippen LogP contribution in [0, 0.1) is 11.8 Å². The Balaban J connectivity index is 2.14. The zero-order chi connectivity index (χ0) is 13.1. The summed E-state index contributed by atoms with van der Waals surface area (Å²) in [5.41, 5.74) is 6.04. The lowest BCUT2D eigenvalue weighted by Gasteiger charge is -2.50. The summed E-state index contributed by atoms with van der Waals surface area (Å²) in [7, 11) is 0. The van der Waals surface area contributed by atoms with Crippen molar-refractivity contribution >= 4 is 0 Å². The van der Waals surface area contributed by atoms with Crippen LogP contribution >= 0.6 is 0 Å². The van der Waals surface area contributed by atoms with Crippen LogP contribution in [0.4, 0.5) is 0 Å². The molecule has 1 saturated carbocycles. The SMILES string of the molecule is CC(C)C1CCCCC1N1C(C)CCCC1CN. The first-order chi connectivity index (χ1) is 8.65. The van der Waals surface area contributed by atoms with Crippen molar-refractivity contribution in [2.45, 2.75) is 83.8 Å². The van der Waals surface area contributed by atoms with E-state index < -0.39 is 0 Å². The van der Waals surface area contributed by atoms with Gasteiger partial charge in [0, 0.05) is 24.7 Å². The van der Waals surface area contributed by atoms with E-state index in [2.05, 4.69) is 25.7 Å². The molecule has 4 unspecified atom stereocenters. The highest BCUT2D eigenvalue weighted by Crippen LogP contribution is 2.38. The Bertz CT molecular complexity index is 251. The number of rotatable bonds is 3. The van der Waals surface area contributed by atoms with Crippen LogP contribution in [0.2, 0.25) is 0 Å². The van der Waals surface area contributed by atoms with Crippen molar-refractivity contribution < 1.29 is 0 Å². The van der Waals surface area contributed by atoms with Crippen LogP contribution < -0.4 is 5.73 Å². The predicted molar refractivity (Wildman–Crippen MR) is 78.6 cm³/mol. The topological polar surface area (TPSA) is 29.3 Å². The Kier molecular flexibility index (Phi) is 5.08. The molecule has 0 spiro atoms. The summed E-state index contributed by atoms with van der Waals surface area (Å²) >= 11 is 0. The molecule has 2 aliphatic rings. The van der Waals surface area contributed by atoms with Crippen molar-refractivity contribution in [2.24, 2.45) is 17.6 Å². The molecule has 1 aliphatic heterocycles. The summed E-state index contributed by atoms with van der Waals surface area (Å²) in [4.78, 5) is 2.83. The van der Waals surface area contributed by atoms with Crippen molar-refractivity contribution in [2.75, 3.05) is 6.54 Å². The molecule has 0 aromatic carbocycles. The molecule has 0 aromatic heterocycles. The Labute approximate surface area is 113 Å². The largest absolute Gasteiger partial charge is 0.329 e. The first-order valence-corrected chi connectivity index (χ1v) is 8.12. The van der Waals surface area contributed by atoms with E-state index in [1.54, 1.807) is 0 Å². The zero-order valence-corrected chi connectivity index (χ0v) is 12.6. The molecule has 2 rings (SSSR count). The molecule has 2 N–H and O–H groups in total. The fourth-order valence-electron chi connectivity index (χ4n) is 4.43. The molecular formula is C16H32N2. The van der Waals surface area contributed by atoms with Crippen LogP contribution in [-0.2, 0) is 0 Å². The summed E-state index contributed by atoms with van der Waals surface area (Å²) < 4.78 is 0. The Hall–Kier alpha value is -0.0800. The van der Waals surface area contributed by atoms with E-state index in [0.717, 1.165) is 30.5 Å². The smallest absolute Gasteiger partial charge is 0.0224 e. The van der Waals surface area contributed by atoms with Gasteiger partial charge in [-0.25, -0.2) is 0 Å². The van der Waals surface area contributed by atoms with E-state index in [-0.39, 0.29) is 0 Å². The normalized spacial score (nSPS) is 39.2. The lowest BCUT2D eigenvalue weighted by Crippen LogP contribution is -2.57. The van der Waals surface area contributed by atoms with Crippen LogP contribution in [0.1, 0.15) is 65.7 Å². The molecule has 106 valence electrons. The lowest BCUT2D eigenvalue weighted by molar-refractivity contribution is -0.00737. The van der Waals surface area contributed by atoms with Gasteiger partial charge < -0.3 is 5.73 Å². The molecule has 1 heterocycles. The van der Waals surface area contributed by atoms with Crippen molar-refractivity contribution in [3.05, 3.63) is 0 Å². The molecule has 1 saturated heterocycles. The summed E-state index contributed by atoms with van der Waals surface area (Å²) in [5.74, 6) is 1.72. The predicted octanol–water partition coefficient (Wildman–Crippen LogP) is 3.40. The number of nitrogens with two attached hydrogens (primary N) is 1. The van der Waals surface area contributed by atoms with Crippen molar-refractivity contribution in [1.29, 1.82) is 0 Å². The minimum Gasteiger partial charge on any atom is -0.329 e.